The van der Waals surface area contributed by atoms with Gasteiger partial charge in [0.2, 0.25) is 0 Å². The van der Waals surface area contributed by atoms with Gasteiger partial charge < -0.3 is 15.2 Å². The van der Waals surface area contributed by atoms with Crippen LogP contribution in [0, 0.1) is 0 Å². The number of thiophene rings is 1. The monoisotopic (exact) mass is 425 g/mol. The number of carboxylic acid groups (broad SMARTS) is 1. The number of hydrogen-bond acceptors (Lipinski definition) is 6. The summed E-state index contributed by atoms with van der Waals surface area (Å²) in [5, 5.41) is 13.5. The van der Waals surface area contributed by atoms with E-state index in [9.17, 15) is 4.79 Å². The first-order valence-corrected chi connectivity index (χ1v) is 9.77. The van der Waals surface area contributed by atoms with Crippen LogP contribution in [0.4, 0.5) is 5.82 Å². The van der Waals surface area contributed by atoms with Gasteiger partial charge in [-0.1, -0.05) is 29.3 Å². The first-order valence-electron chi connectivity index (χ1n) is 8.20. The molecule has 0 unspecified atom stereocenters. The van der Waals surface area contributed by atoms with Gasteiger partial charge in [-0.05, 0) is 30.2 Å². The van der Waals surface area contributed by atoms with Gasteiger partial charge in [-0.2, -0.15) is 0 Å². The topological polar surface area (TPSA) is 84.3 Å². The number of aliphatic carboxylic acids is 1. The highest BCUT2D eigenvalue weighted by atomic mass is 35.5. The van der Waals surface area contributed by atoms with Crippen molar-refractivity contribution in [2.45, 2.75) is 25.8 Å². The van der Waals surface area contributed by atoms with Gasteiger partial charge in [-0.3, -0.25) is 4.79 Å². The molecule has 9 heteroatoms. The summed E-state index contributed by atoms with van der Waals surface area (Å²) in [6, 6.07) is 7.39. The zero-order chi connectivity index (χ0) is 19.4. The molecule has 0 saturated heterocycles. The molecule has 142 valence electrons. The predicted octanol–water partition coefficient (Wildman–Crippen LogP) is 5.03. The number of rotatable bonds is 8. The van der Waals surface area contributed by atoms with E-state index in [2.05, 4.69) is 15.3 Å². The number of carbonyl (C=O) groups is 1. The normalized spacial score (nSPS) is 10.9. The molecule has 0 aliphatic rings. The maximum Gasteiger partial charge on any atom is 0.303 e. The van der Waals surface area contributed by atoms with Gasteiger partial charge >= 0.3 is 5.97 Å². The van der Waals surface area contributed by atoms with Crippen LogP contribution in [0.1, 0.15) is 24.2 Å². The van der Waals surface area contributed by atoms with Crippen molar-refractivity contribution in [1.29, 1.82) is 0 Å². The summed E-state index contributed by atoms with van der Waals surface area (Å²) in [7, 11) is 1.57. The summed E-state index contributed by atoms with van der Waals surface area (Å²) in [4.78, 5) is 20.5. The summed E-state index contributed by atoms with van der Waals surface area (Å²) < 4.78 is 5.79. The Balaban J connectivity index is 1.81. The zero-order valence-corrected chi connectivity index (χ0v) is 16.8. The molecule has 0 fully saturated rings. The molecule has 0 spiro atoms. The van der Waals surface area contributed by atoms with Crippen molar-refractivity contribution in [3.63, 3.8) is 0 Å². The molecule has 1 aromatic carbocycles. The third-order valence-electron chi connectivity index (χ3n) is 3.88. The van der Waals surface area contributed by atoms with E-state index in [1.54, 1.807) is 7.11 Å². The molecule has 2 heterocycles. The molecular weight excluding hydrogens is 409 g/mol. The molecule has 6 nitrogen and oxygen atoms in total. The van der Waals surface area contributed by atoms with E-state index < -0.39 is 5.97 Å². The third-order valence-corrected chi connectivity index (χ3v) is 5.33. The van der Waals surface area contributed by atoms with Crippen molar-refractivity contribution < 1.29 is 14.6 Å². The van der Waals surface area contributed by atoms with Gasteiger partial charge in [0.05, 0.1) is 21.9 Å². The number of ether oxygens (including phenoxy) is 1. The van der Waals surface area contributed by atoms with Crippen LogP contribution < -0.4 is 10.1 Å². The second-order valence-corrected chi connectivity index (χ2v) is 7.90. The fourth-order valence-electron chi connectivity index (χ4n) is 2.59. The smallest absolute Gasteiger partial charge is 0.303 e. The number of carboxylic acids is 1. The maximum atomic E-state index is 10.7. The Morgan fingerprint density at radius 1 is 1.30 bits per heavy atom. The van der Waals surface area contributed by atoms with Crippen LogP contribution in [0.3, 0.4) is 0 Å². The van der Waals surface area contributed by atoms with Crippen LogP contribution in [-0.2, 0) is 17.8 Å². The number of aromatic nitrogens is 2. The summed E-state index contributed by atoms with van der Waals surface area (Å²) in [5.74, 6) is 1.05. The Labute approximate surface area is 170 Å². The van der Waals surface area contributed by atoms with Crippen LogP contribution in [-0.4, -0.2) is 28.2 Å². The Bertz CT molecular complexity index is 978. The fourth-order valence-corrected chi connectivity index (χ4v) is 3.97. The fraction of sp³-hybridized carbons (Fsp3) is 0.278. The van der Waals surface area contributed by atoms with Gasteiger partial charge in [-0.25, -0.2) is 9.97 Å². The molecule has 2 N–H and O–H groups in total. The molecule has 3 rings (SSSR count). The maximum absolute atomic E-state index is 10.7. The van der Waals surface area contributed by atoms with E-state index in [1.165, 1.54) is 11.3 Å². The number of nitrogens with one attached hydrogen (secondary N) is 1. The minimum Gasteiger partial charge on any atom is -0.495 e. The summed E-state index contributed by atoms with van der Waals surface area (Å²) in [6.07, 6.45) is 1.05. The minimum absolute atomic E-state index is 0.0830. The molecule has 27 heavy (non-hydrogen) atoms. The van der Waals surface area contributed by atoms with Crippen molar-refractivity contribution in [1.82, 2.24) is 9.97 Å². The molecule has 0 saturated carbocycles. The molecular formula is C18H17Cl2N3O3S. The average molecular weight is 426 g/mol. The van der Waals surface area contributed by atoms with Crippen molar-refractivity contribution in [3.8, 4) is 5.75 Å². The molecule has 0 aliphatic carbocycles. The lowest BCUT2D eigenvalue weighted by molar-refractivity contribution is -0.137. The number of halogens is 2. The summed E-state index contributed by atoms with van der Waals surface area (Å²) in [5.41, 5.74) is 0.973. The highest BCUT2D eigenvalue weighted by molar-refractivity contribution is 7.22. The van der Waals surface area contributed by atoms with Gasteiger partial charge in [0.15, 0.2) is 0 Å². The number of anilines is 1. The van der Waals surface area contributed by atoms with Crippen LogP contribution in [0.25, 0.3) is 10.2 Å². The second-order valence-electron chi connectivity index (χ2n) is 5.83. The number of aryl methyl sites for hydroxylation is 1. The lowest BCUT2D eigenvalue weighted by Crippen LogP contribution is -2.06. The molecule has 0 atom stereocenters. The Morgan fingerprint density at radius 3 is 2.81 bits per heavy atom. The number of methoxy groups -OCH3 is 1. The summed E-state index contributed by atoms with van der Waals surface area (Å²) in [6.45, 7) is 0.512. The van der Waals surface area contributed by atoms with Crippen LogP contribution in [0.2, 0.25) is 9.36 Å². The van der Waals surface area contributed by atoms with Gasteiger partial charge in [0.1, 0.15) is 22.2 Å². The third kappa shape index (κ3) is 5.00. The molecule has 0 bridgehead atoms. The van der Waals surface area contributed by atoms with Crippen molar-refractivity contribution in [2.75, 3.05) is 12.4 Å². The quantitative estimate of drug-likeness (QED) is 0.526. The SMILES string of the molecule is COc1ccc(CNc2nc(CCCC(=O)O)nc3sc(Cl)cc23)cc1Cl. The highest BCUT2D eigenvalue weighted by Gasteiger charge is 2.12. The zero-order valence-electron chi connectivity index (χ0n) is 14.5. The Morgan fingerprint density at radius 2 is 2.11 bits per heavy atom. The molecule has 2 aromatic heterocycles. The Kier molecular flexibility index (Phi) is 6.36. The molecule has 0 radical (unpaired) electrons. The van der Waals surface area contributed by atoms with E-state index in [0.717, 1.165) is 15.8 Å². The van der Waals surface area contributed by atoms with Crippen molar-refractivity contribution in [2.24, 2.45) is 0 Å². The predicted molar refractivity (Wildman–Crippen MR) is 108 cm³/mol. The van der Waals surface area contributed by atoms with E-state index in [1.807, 2.05) is 24.3 Å². The van der Waals surface area contributed by atoms with Gasteiger partial charge in [-0.15, -0.1) is 11.3 Å². The van der Waals surface area contributed by atoms with Crippen molar-refractivity contribution in [3.05, 3.63) is 45.0 Å². The van der Waals surface area contributed by atoms with Gasteiger partial charge in [0.25, 0.3) is 0 Å². The number of nitrogens with zero attached hydrogens (tertiary/aromatic N) is 2. The minimum atomic E-state index is -0.829. The lowest BCUT2D eigenvalue weighted by Gasteiger charge is -2.10. The number of fused-ring (bicyclic) bond motifs is 1. The standard InChI is InChI=1S/C18H17Cl2N3O3S/c1-26-13-6-5-10(7-12(13)19)9-21-17-11-8-14(20)27-18(11)23-15(22-17)3-2-4-16(24)25/h5-8H,2-4,9H2,1H3,(H,24,25)(H,21,22,23). The van der Waals surface area contributed by atoms with Crippen LogP contribution >= 0.6 is 34.5 Å². The first-order chi connectivity index (χ1) is 13.0. The molecule has 0 amide bonds. The van der Waals surface area contributed by atoms with E-state index in [0.29, 0.717) is 46.1 Å². The second kappa shape index (κ2) is 8.73. The number of benzene rings is 1. The van der Waals surface area contributed by atoms with Gasteiger partial charge in [0, 0.05) is 19.4 Å². The van der Waals surface area contributed by atoms with E-state index in [4.69, 9.17) is 33.0 Å². The van der Waals surface area contributed by atoms with E-state index >= 15 is 0 Å². The summed E-state index contributed by atoms with van der Waals surface area (Å²) >= 11 is 13.7. The van der Waals surface area contributed by atoms with Crippen molar-refractivity contribution >= 4 is 56.5 Å². The Hall–Kier alpha value is -2.09. The average Bonchev–Trinajstić information content (AvgIpc) is 2.99. The number of hydrogen-bond donors (Lipinski definition) is 2. The van der Waals surface area contributed by atoms with Crippen LogP contribution in [0.5, 0.6) is 5.75 Å². The van der Waals surface area contributed by atoms with Crippen LogP contribution in [0.15, 0.2) is 24.3 Å². The largest absolute Gasteiger partial charge is 0.495 e. The highest BCUT2D eigenvalue weighted by Crippen LogP contribution is 2.33. The lowest BCUT2D eigenvalue weighted by atomic mass is 10.2. The van der Waals surface area contributed by atoms with E-state index in [-0.39, 0.29) is 6.42 Å². The molecule has 0 aliphatic heterocycles. The first kappa shape index (κ1) is 19.7. The molecule has 3 aromatic rings.